The van der Waals surface area contributed by atoms with E-state index in [9.17, 15) is 4.79 Å². The third-order valence-corrected chi connectivity index (χ3v) is 3.93. The molecule has 0 aliphatic carbocycles. The van der Waals surface area contributed by atoms with Gasteiger partial charge in [-0.15, -0.1) is 0 Å². The first kappa shape index (κ1) is 12.4. The predicted molar refractivity (Wildman–Crippen MR) is 76.8 cm³/mol. The van der Waals surface area contributed by atoms with Crippen LogP contribution in [-0.2, 0) is 17.8 Å². The molecule has 0 spiro atoms. The number of nitrogens with one attached hydrogen (secondary N) is 1. The number of fused-ring (bicyclic) bond motifs is 1. The normalized spacial score (nSPS) is 17.8. The van der Waals surface area contributed by atoms with Gasteiger partial charge in [0, 0.05) is 40.9 Å². The standard InChI is InChI=1S/C14H14BrN3O/c15-11-2-1-3-12(7-11)17-14(19)10-4-5-18-9-16-8-13(18)6-10/h1-3,7-10H,4-6H2,(H,17,19). The van der Waals surface area contributed by atoms with Crippen molar-refractivity contribution in [3.63, 3.8) is 0 Å². The predicted octanol–water partition coefficient (Wildman–Crippen LogP) is 2.85. The van der Waals surface area contributed by atoms with Crippen LogP contribution in [0, 0.1) is 5.92 Å². The molecule has 1 aromatic heterocycles. The minimum atomic E-state index is 0.0307. The van der Waals surface area contributed by atoms with E-state index in [4.69, 9.17) is 0 Å². The molecule has 4 nitrogen and oxygen atoms in total. The molecule has 0 fully saturated rings. The second kappa shape index (κ2) is 5.17. The molecule has 0 saturated heterocycles. The highest BCUT2D eigenvalue weighted by molar-refractivity contribution is 9.10. The molecular formula is C14H14BrN3O. The van der Waals surface area contributed by atoms with Crippen LogP contribution in [0.25, 0.3) is 0 Å². The first-order valence-electron chi connectivity index (χ1n) is 6.28. The van der Waals surface area contributed by atoms with Crippen LogP contribution < -0.4 is 5.32 Å². The molecule has 3 rings (SSSR count). The smallest absolute Gasteiger partial charge is 0.227 e. The van der Waals surface area contributed by atoms with Crippen molar-refractivity contribution in [2.45, 2.75) is 19.4 Å². The van der Waals surface area contributed by atoms with E-state index in [0.29, 0.717) is 0 Å². The summed E-state index contributed by atoms with van der Waals surface area (Å²) in [5.41, 5.74) is 1.97. The molecule has 1 amide bonds. The Morgan fingerprint density at radius 2 is 2.37 bits per heavy atom. The molecule has 1 aromatic carbocycles. The lowest BCUT2D eigenvalue weighted by molar-refractivity contribution is -0.120. The number of aromatic nitrogens is 2. The maximum atomic E-state index is 12.3. The van der Waals surface area contributed by atoms with Gasteiger partial charge < -0.3 is 9.88 Å². The first-order chi connectivity index (χ1) is 9.22. The van der Waals surface area contributed by atoms with Gasteiger partial charge in [0.1, 0.15) is 0 Å². The summed E-state index contributed by atoms with van der Waals surface area (Å²) in [4.78, 5) is 16.4. The van der Waals surface area contributed by atoms with Gasteiger partial charge in [-0.05, 0) is 24.6 Å². The molecule has 2 aromatic rings. The first-order valence-corrected chi connectivity index (χ1v) is 7.07. The molecule has 1 aliphatic heterocycles. The van der Waals surface area contributed by atoms with Crippen LogP contribution in [0.4, 0.5) is 5.69 Å². The van der Waals surface area contributed by atoms with Crippen LogP contribution in [0.3, 0.4) is 0 Å². The molecule has 0 radical (unpaired) electrons. The second-order valence-corrected chi connectivity index (χ2v) is 5.68. The quantitative estimate of drug-likeness (QED) is 0.925. The topological polar surface area (TPSA) is 46.9 Å². The number of amides is 1. The molecular weight excluding hydrogens is 306 g/mol. The van der Waals surface area contributed by atoms with E-state index in [2.05, 4.69) is 30.8 Å². The highest BCUT2D eigenvalue weighted by Crippen LogP contribution is 2.22. The Bertz CT molecular complexity index is 608. The summed E-state index contributed by atoms with van der Waals surface area (Å²) in [5, 5.41) is 2.98. The van der Waals surface area contributed by atoms with Gasteiger partial charge in [0.05, 0.1) is 6.33 Å². The van der Waals surface area contributed by atoms with Crippen LogP contribution in [0.15, 0.2) is 41.3 Å². The number of hydrogen-bond donors (Lipinski definition) is 1. The number of nitrogens with zero attached hydrogens (tertiary/aromatic N) is 2. The van der Waals surface area contributed by atoms with Crippen molar-refractivity contribution >= 4 is 27.5 Å². The molecule has 1 atom stereocenters. The van der Waals surface area contributed by atoms with Gasteiger partial charge in [0.15, 0.2) is 0 Å². The fraction of sp³-hybridized carbons (Fsp3) is 0.286. The third kappa shape index (κ3) is 2.71. The van der Waals surface area contributed by atoms with Gasteiger partial charge >= 0.3 is 0 Å². The molecule has 98 valence electrons. The van der Waals surface area contributed by atoms with E-state index >= 15 is 0 Å². The number of carbonyl (C=O) groups excluding carboxylic acids is 1. The van der Waals surface area contributed by atoms with Crippen molar-refractivity contribution in [3.05, 3.63) is 47.0 Å². The Kier molecular flexibility index (Phi) is 3.38. The second-order valence-electron chi connectivity index (χ2n) is 4.77. The molecule has 1 unspecified atom stereocenters. The maximum Gasteiger partial charge on any atom is 0.227 e. The Morgan fingerprint density at radius 1 is 1.47 bits per heavy atom. The molecule has 0 saturated carbocycles. The summed E-state index contributed by atoms with van der Waals surface area (Å²) >= 11 is 3.40. The molecule has 1 N–H and O–H groups in total. The number of anilines is 1. The Balaban J connectivity index is 1.69. The average Bonchev–Trinajstić information content (AvgIpc) is 2.85. The molecule has 1 aliphatic rings. The number of carbonyl (C=O) groups is 1. The zero-order valence-electron chi connectivity index (χ0n) is 10.3. The van der Waals surface area contributed by atoms with Crippen molar-refractivity contribution in [2.75, 3.05) is 5.32 Å². The summed E-state index contributed by atoms with van der Waals surface area (Å²) in [5.74, 6) is 0.119. The number of rotatable bonds is 2. The van der Waals surface area contributed by atoms with Gasteiger partial charge in [-0.2, -0.15) is 0 Å². The van der Waals surface area contributed by atoms with Crippen LogP contribution in [0.1, 0.15) is 12.1 Å². The zero-order chi connectivity index (χ0) is 13.2. The number of halogens is 1. The summed E-state index contributed by atoms with van der Waals surface area (Å²) in [7, 11) is 0. The monoisotopic (exact) mass is 319 g/mol. The lowest BCUT2D eigenvalue weighted by Crippen LogP contribution is -2.29. The van der Waals surface area contributed by atoms with Gasteiger partial charge in [-0.25, -0.2) is 4.98 Å². The van der Waals surface area contributed by atoms with Crippen LogP contribution >= 0.6 is 15.9 Å². The lowest BCUT2D eigenvalue weighted by Gasteiger charge is -2.23. The van der Waals surface area contributed by atoms with E-state index in [-0.39, 0.29) is 11.8 Å². The fourth-order valence-electron chi connectivity index (χ4n) is 2.40. The summed E-state index contributed by atoms with van der Waals surface area (Å²) in [6.45, 7) is 0.867. The van der Waals surface area contributed by atoms with E-state index in [1.807, 2.05) is 36.8 Å². The van der Waals surface area contributed by atoms with Crippen LogP contribution in [0.2, 0.25) is 0 Å². The Morgan fingerprint density at radius 3 is 3.21 bits per heavy atom. The van der Waals surface area contributed by atoms with Crippen LogP contribution in [-0.4, -0.2) is 15.5 Å². The minimum Gasteiger partial charge on any atom is -0.335 e. The molecule has 0 bridgehead atoms. The Hall–Kier alpha value is -1.62. The van der Waals surface area contributed by atoms with E-state index in [1.54, 1.807) is 0 Å². The maximum absolute atomic E-state index is 12.3. The van der Waals surface area contributed by atoms with Crippen molar-refractivity contribution in [1.82, 2.24) is 9.55 Å². The van der Waals surface area contributed by atoms with Crippen molar-refractivity contribution in [2.24, 2.45) is 5.92 Å². The van der Waals surface area contributed by atoms with Gasteiger partial charge in [0.2, 0.25) is 5.91 Å². The highest BCUT2D eigenvalue weighted by atomic mass is 79.9. The van der Waals surface area contributed by atoms with E-state index in [0.717, 1.165) is 35.2 Å². The van der Waals surface area contributed by atoms with Gasteiger partial charge in [-0.1, -0.05) is 22.0 Å². The third-order valence-electron chi connectivity index (χ3n) is 3.44. The summed E-state index contributed by atoms with van der Waals surface area (Å²) in [6, 6.07) is 7.66. The van der Waals surface area contributed by atoms with Crippen LogP contribution in [0.5, 0.6) is 0 Å². The number of imidazole rings is 1. The van der Waals surface area contributed by atoms with Crippen molar-refractivity contribution in [3.8, 4) is 0 Å². The Labute approximate surface area is 120 Å². The highest BCUT2D eigenvalue weighted by Gasteiger charge is 2.24. The molecule has 5 heteroatoms. The molecule has 19 heavy (non-hydrogen) atoms. The van der Waals surface area contributed by atoms with Crippen molar-refractivity contribution < 1.29 is 4.79 Å². The summed E-state index contributed by atoms with van der Waals surface area (Å²) < 4.78 is 3.08. The van der Waals surface area contributed by atoms with E-state index < -0.39 is 0 Å². The fourth-order valence-corrected chi connectivity index (χ4v) is 2.80. The average molecular weight is 320 g/mol. The zero-order valence-corrected chi connectivity index (χ0v) is 11.9. The summed E-state index contributed by atoms with van der Waals surface area (Å²) in [6.07, 6.45) is 5.30. The largest absolute Gasteiger partial charge is 0.335 e. The number of aryl methyl sites for hydroxylation is 1. The minimum absolute atomic E-state index is 0.0307. The SMILES string of the molecule is O=C(Nc1cccc(Br)c1)C1CCn2cncc2C1. The number of benzene rings is 1. The van der Waals surface area contributed by atoms with Crippen molar-refractivity contribution in [1.29, 1.82) is 0 Å². The van der Waals surface area contributed by atoms with Gasteiger partial charge in [-0.3, -0.25) is 4.79 Å². The molecule has 2 heterocycles. The van der Waals surface area contributed by atoms with Gasteiger partial charge in [0.25, 0.3) is 0 Å². The lowest BCUT2D eigenvalue weighted by atomic mass is 9.95. The number of hydrogen-bond acceptors (Lipinski definition) is 2. The van der Waals surface area contributed by atoms with E-state index in [1.165, 1.54) is 0 Å².